The number of amides is 1. The van der Waals surface area contributed by atoms with Gasteiger partial charge in [0.05, 0.1) is 17.6 Å². The fraction of sp³-hybridized carbons (Fsp3) is 0.593. The number of primary amides is 1. The number of benzene rings is 1. The molecule has 1 aromatic rings. The minimum atomic E-state index is -2.69. The van der Waals surface area contributed by atoms with Gasteiger partial charge in [-0.3, -0.25) is 24.0 Å². The molecule has 0 heterocycles. The molecule has 2 fully saturated rings. The molecule has 4 rings (SSSR count). The quantitative estimate of drug-likeness (QED) is 0.364. The highest BCUT2D eigenvalue weighted by Gasteiger charge is 2.69. The number of nitrogens with zero attached hydrogens (tertiary/aromatic N) is 1. The second-order valence-electron chi connectivity index (χ2n) is 10.9. The van der Waals surface area contributed by atoms with Gasteiger partial charge in [0.2, 0.25) is 5.91 Å². The fourth-order valence-corrected chi connectivity index (χ4v) is 6.73. The fourth-order valence-electron chi connectivity index (χ4n) is 6.73. The molecule has 37 heavy (non-hydrogen) atoms. The van der Waals surface area contributed by atoms with Crippen LogP contribution in [0.4, 0.5) is 0 Å². The SMILES string of the molecule is CCCCC(=O)Cc1ccc(O)c2c1C[C@@H]1C[C@@H]3[C@@H](N(C)C)C(O)C(C(N)=O)C(=O)[C@]3(O)C(=O)C1C2=O. The van der Waals surface area contributed by atoms with Crippen molar-refractivity contribution in [3.8, 4) is 5.75 Å². The number of nitrogens with two attached hydrogens (primary N) is 1. The van der Waals surface area contributed by atoms with E-state index in [1.165, 1.54) is 6.07 Å². The lowest BCUT2D eigenvalue weighted by Crippen LogP contribution is -2.75. The first-order chi connectivity index (χ1) is 17.4. The number of hydrogen-bond acceptors (Lipinski definition) is 9. The van der Waals surface area contributed by atoms with Crippen molar-refractivity contribution in [3.05, 3.63) is 28.8 Å². The van der Waals surface area contributed by atoms with Crippen LogP contribution in [0.1, 0.15) is 54.1 Å². The van der Waals surface area contributed by atoms with Crippen molar-refractivity contribution in [3.63, 3.8) is 0 Å². The van der Waals surface area contributed by atoms with Crippen LogP contribution in [0.15, 0.2) is 12.1 Å². The third-order valence-corrected chi connectivity index (χ3v) is 8.47. The predicted molar refractivity (Wildman–Crippen MR) is 131 cm³/mol. The zero-order chi connectivity index (χ0) is 27.4. The van der Waals surface area contributed by atoms with E-state index < -0.39 is 64.7 Å². The minimum Gasteiger partial charge on any atom is -0.507 e. The van der Waals surface area contributed by atoms with E-state index in [4.69, 9.17) is 5.73 Å². The summed E-state index contributed by atoms with van der Waals surface area (Å²) in [6.07, 6.45) is 0.760. The number of likely N-dealkylation sites (N-methyl/N-ethyl adjacent to an activating group) is 1. The van der Waals surface area contributed by atoms with E-state index in [2.05, 4.69) is 0 Å². The van der Waals surface area contributed by atoms with E-state index in [9.17, 15) is 39.3 Å². The Hall–Kier alpha value is -2.95. The maximum atomic E-state index is 13.8. The van der Waals surface area contributed by atoms with Gasteiger partial charge in [0.15, 0.2) is 23.0 Å². The number of hydrogen-bond donors (Lipinski definition) is 4. The lowest BCUT2D eigenvalue weighted by Gasteiger charge is -2.54. The largest absolute Gasteiger partial charge is 0.507 e. The van der Waals surface area contributed by atoms with Crippen molar-refractivity contribution in [2.24, 2.45) is 29.4 Å². The molecular weight excluding hydrogens is 480 g/mol. The molecule has 0 bridgehead atoms. The van der Waals surface area contributed by atoms with Crippen LogP contribution in [0.25, 0.3) is 0 Å². The van der Waals surface area contributed by atoms with Crippen LogP contribution < -0.4 is 5.73 Å². The van der Waals surface area contributed by atoms with Gasteiger partial charge in [-0.1, -0.05) is 19.4 Å². The maximum absolute atomic E-state index is 13.8. The number of ketones is 4. The third-order valence-electron chi connectivity index (χ3n) is 8.47. The Labute approximate surface area is 214 Å². The molecule has 10 heteroatoms. The summed E-state index contributed by atoms with van der Waals surface area (Å²) in [6.45, 7) is 1.98. The average molecular weight is 515 g/mol. The smallest absolute Gasteiger partial charge is 0.230 e. The second kappa shape index (κ2) is 9.74. The van der Waals surface area contributed by atoms with Gasteiger partial charge >= 0.3 is 0 Å². The van der Waals surface area contributed by atoms with Gasteiger partial charge in [0.1, 0.15) is 17.5 Å². The number of carbonyl (C=O) groups excluding carboxylic acids is 5. The predicted octanol–water partition coefficient (Wildman–Crippen LogP) is -0.0394. The van der Waals surface area contributed by atoms with Gasteiger partial charge in [0.25, 0.3) is 0 Å². The number of aliphatic hydroxyl groups is 2. The summed E-state index contributed by atoms with van der Waals surface area (Å²) in [7, 11) is 3.19. The molecule has 0 aliphatic heterocycles. The summed E-state index contributed by atoms with van der Waals surface area (Å²) in [5.41, 5.74) is 3.71. The zero-order valence-corrected chi connectivity index (χ0v) is 21.3. The summed E-state index contributed by atoms with van der Waals surface area (Å²) in [4.78, 5) is 66.9. The van der Waals surface area contributed by atoms with Crippen molar-refractivity contribution in [1.29, 1.82) is 0 Å². The number of phenolic OH excluding ortho intramolecular Hbond substituents is 1. The zero-order valence-electron chi connectivity index (χ0n) is 21.3. The molecule has 3 aliphatic rings. The molecular formula is C27H34N2O8. The first kappa shape index (κ1) is 27.1. The number of unbranched alkanes of at least 4 members (excludes halogenated alkanes) is 1. The van der Waals surface area contributed by atoms with Crippen LogP contribution in [-0.2, 0) is 32.0 Å². The van der Waals surface area contributed by atoms with E-state index in [0.29, 0.717) is 17.5 Å². The van der Waals surface area contributed by atoms with Crippen molar-refractivity contribution < 1.29 is 39.3 Å². The molecule has 3 aliphatic carbocycles. The Balaban J connectivity index is 1.79. The molecule has 10 nitrogen and oxygen atoms in total. The lowest BCUT2D eigenvalue weighted by atomic mass is 9.52. The van der Waals surface area contributed by atoms with Gasteiger partial charge in [-0.25, -0.2) is 0 Å². The first-order valence-corrected chi connectivity index (χ1v) is 12.7. The Bertz CT molecular complexity index is 1180. The number of aromatic hydroxyl groups is 1. The Kier molecular flexibility index (Phi) is 7.13. The summed E-state index contributed by atoms with van der Waals surface area (Å²) in [5, 5.41) is 33.1. The van der Waals surface area contributed by atoms with E-state index in [0.717, 1.165) is 12.8 Å². The minimum absolute atomic E-state index is 0.00423. The number of aliphatic hydroxyl groups excluding tert-OH is 1. The van der Waals surface area contributed by atoms with Crippen LogP contribution in [0.5, 0.6) is 5.75 Å². The molecule has 7 atom stereocenters. The lowest BCUT2D eigenvalue weighted by molar-refractivity contribution is -0.190. The Morgan fingerprint density at radius 2 is 1.84 bits per heavy atom. The van der Waals surface area contributed by atoms with Gasteiger partial charge in [0, 0.05) is 24.8 Å². The molecule has 2 saturated carbocycles. The topological polar surface area (TPSA) is 175 Å². The summed E-state index contributed by atoms with van der Waals surface area (Å²) in [5.74, 6) is -9.40. The first-order valence-electron chi connectivity index (χ1n) is 12.7. The third kappa shape index (κ3) is 4.11. The molecule has 0 radical (unpaired) electrons. The van der Waals surface area contributed by atoms with Crippen molar-refractivity contribution >= 4 is 29.0 Å². The summed E-state index contributed by atoms with van der Waals surface area (Å²) < 4.78 is 0. The summed E-state index contributed by atoms with van der Waals surface area (Å²) >= 11 is 0. The molecule has 3 unspecified atom stereocenters. The van der Waals surface area contributed by atoms with Crippen molar-refractivity contribution in [2.45, 2.75) is 63.2 Å². The standard InChI is InChI=1S/C27H34N2O8/c1-4-5-6-14(30)9-12-7-8-17(31)19-15(12)10-13-11-16-21(29(2)3)23(33)20(26(28)36)25(35)27(16,37)24(34)18(13)22(19)32/h7-8,13,16,18,20-21,23,31,33,37H,4-6,9-11H2,1-3H3,(H2,28,36)/t13-,16-,18?,20?,21-,23?,27-/m1/s1. The molecule has 200 valence electrons. The highest BCUT2D eigenvalue weighted by Crippen LogP contribution is 2.51. The maximum Gasteiger partial charge on any atom is 0.230 e. The van der Waals surface area contributed by atoms with Crippen LogP contribution >= 0.6 is 0 Å². The highest BCUT2D eigenvalue weighted by molar-refractivity contribution is 6.25. The molecule has 1 amide bonds. The number of carbonyl (C=O) groups is 5. The van der Waals surface area contributed by atoms with Gasteiger partial charge in [-0.05, 0) is 56.5 Å². The van der Waals surface area contributed by atoms with E-state index >= 15 is 0 Å². The van der Waals surface area contributed by atoms with Crippen molar-refractivity contribution in [1.82, 2.24) is 4.90 Å². The van der Waals surface area contributed by atoms with E-state index in [1.54, 1.807) is 25.1 Å². The van der Waals surface area contributed by atoms with Crippen molar-refractivity contribution in [2.75, 3.05) is 14.1 Å². The Morgan fingerprint density at radius 3 is 2.43 bits per heavy atom. The second-order valence-corrected chi connectivity index (χ2v) is 10.9. The Morgan fingerprint density at radius 1 is 1.16 bits per heavy atom. The summed E-state index contributed by atoms with van der Waals surface area (Å²) in [6, 6.07) is 1.97. The average Bonchev–Trinajstić information content (AvgIpc) is 2.81. The van der Waals surface area contributed by atoms with Gasteiger partial charge in [-0.2, -0.15) is 0 Å². The van der Waals surface area contributed by atoms with E-state index in [1.807, 2.05) is 6.92 Å². The number of rotatable bonds is 7. The number of Topliss-reactive ketones (excluding diaryl/α,β-unsaturated/α-hetero) is 4. The normalized spacial score (nSPS) is 33.1. The number of phenols is 1. The van der Waals surface area contributed by atoms with E-state index in [-0.39, 0.29) is 36.4 Å². The van der Waals surface area contributed by atoms with Gasteiger partial charge in [-0.15, -0.1) is 0 Å². The monoisotopic (exact) mass is 514 g/mol. The molecule has 5 N–H and O–H groups in total. The molecule has 0 aromatic heterocycles. The van der Waals surface area contributed by atoms with Crippen LogP contribution in [0.2, 0.25) is 0 Å². The highest BCUT2D eigenvalue weighted by atomic mass is 16.3. The molecule has 1 aromatic carbocycles. The van der Waals surface area contributed by atoms with Crippen LogP contribution in [0, 0.1) is 23.7 Å². The molecule has 0 saturated heterocycles. The van der Waals surface area contributed by atoms with Gasteiger partial charge < -0.3 is 26.0 Å². The number of fused-ring (bicyclic) bond motifs is 3. The van der Waals surface area contributed by atoms with Crippen LogP contribution in [0.3, 0.4) is 0 Å². The molecule has 0 spiro atoms. The van der Waals surface area contributed by atoms with Crippen LogP contribution in [-0.4, -0.2) is 81.1 Å².